The Morgan fingerprint density at radius 1 is 1.31 bits per heavy atom. The maximum Gasteiger partial charge on any atom is 0.407 e. The van der Waals surface area contributed by atoms with Gasteiger partial charge < -0.3 is 15.8 Å². The highest BCUT2D eigenvalue weighted by molar-refractivity contribution is 5.76. The minimum atomic E-state index is -0.543. The summed E-state index contributed by atoms with van der Waals surface area (Å²) in [4.78, 5) is 22.3. The van der Waals surface area contributed by atoms with Gasteiger partial charge in [-0.2, -0.15) is 0 Å². The van der Waals surface area contributed by atoms with Crippen LogP contribution in [0, 0.1) is 5.92 Å². The minimum absolute atomic E-state index is 0.122. The molecule has 0 saturated heterocycles. The van der Waals surface area contributed by atoms with Gasteiger partial charge in [-0.25, -0.2) is 4.79 Å². The average molecular weight is 230 g/mol. The van der Waals surface area contributed by atoms with E-state index < -0.39 is 17.6 Å². The van der Waals surface area contributed by atoms with Gasteiger partial charge in [0, 0.05) is 12.5 Å². The first kappa shape index (κ1) is 14.7. The molecule has 1 unspecified atom stereocenters. The number of ether oxygens (including phenoxy) is 1. The van der Waals surface area contributed by atoms with Gasteiger partial charge in [0.15, 0.2) is 0 Å². The summed E-state index contributed by atoms with van der Waals surface area (Å²) in [5.41, 5.74) is 4.56. The lowest BCUT2D eigenvalue weighted by atomic mass is 10.0. The minimum Gasteiger partial charge on any atom is -0.444 e. The smallest absolute Gasteiger partial charge is 0.407 e. The SMILES string of the molecule is CC(C)C(CC(N)=O)NC(=O)OC(C)(C)C. The fourth-order valence-corrected chi connectivity index (χ4v) is 1.13. The lowest BCUT2D eigenvalue weighted by Gasteiger charge is -2.25. The van der Waals surface area contributed by atoms with Crippen LogP contribution in [0.4, 0.5) is 4.79 Å². The molecule has 16 heavy (non-hydrogen) atoms. The third kappa shape index (κ3) is 7.09. The van der Waals surface area contributed by atoms with Crippen LogP contribution in [0.3, 0.4) is 0 Å². The van der Waals surface area contributed by atoms with E-state index in [0.29, 0.717) is 0 Å². The molecule has 0 heterocycles. The van der Waals surface area contributed by atoms with Crippen molar-refractivity contribution in [3.8, 4) is 0 Å². The molecule has 0 rings (SSSR count). The summed E-state index contributed by atoms with van der Waals surface area (Å²) in [6.07, 6.45) is -0.399. The molecule has 0 spiro atoms. The lowest BCUT2D eigenvalue weighted by molar-refractivity contribution is -0.118. The van der Waals surface area contributed by atoms with E-state index in [0.717, 1.165) is 0 Å². The van der Waals surface area contributed by atoms with Crippen LogP contribution in [0.1, 0.15) is 41.0 Å². The lowest BCUT2D eigenvalue weighted by Crippen LogP contribution is -2.43. The van der Waals surface area contributed by atoms with Gasteiger partial charge in [0.25, 0.3) is 0 Å². The Bertz CT molecular complexity index is 256. The zero-order valence-electron chi connectivity index (χ0n) is 10.7. The zero-order chi connectivity index (χ0) is 12.9. The standard InChI is InChI=1S/C11H22N2O3/c1-7(2)8(6-9(12)14)13-10(15)16-11(3,4)5/h7-8H,6H2,1-5H3,(H2,12,14)(H,13,15). The molecule has 2 amide bonds. The quantitative estimate of drug-likeness (QED) is 0.766. The third-order valence-corrected chi connectivity index (χ3v) is 1.93. The number of hydrogen-bond acceptors (Lipinski definition) is 3. The molecule has 0 aliphatic rings. The molecule has 3 N–H and O–H groups in total. The normalized spacial score (nSPS) is 13.4. The predicted octanol–water partition coefficient (Wildman–Crippen LogP) is 1.41. The van der Waals surface area contributed by atoms with E-state index in [-0.39, 0.29) is 18.4 Å². The largest absolute Gasteiger partial charge is 0.444 e. The predicted molar refractivity (Wildman–Crippen MR) is 61.8 cm³/mol. The Balaban J connectivity index is 4.30. The molecule has 5 heteroatoms. The van der Waals surface area contributed by atoms with E-state index in [1.165, 1.54) is 0 Å². The summed E-state index contributed by atoms with van der Waals surface area (Å²) < 4.78 is 5.10. The second-order valence-corrected chi connectivity index (χ2v) is 5.17. The topological polar surface area (TPSA) is 81.4 Å². The second kappa shape index (κ2) is 5.72. The fourth-order valence-electron chi connectivity index (χ4n) is 1.13. The van der Waals surface area contributed by atoms with Crippen molar-refractivity contribution in [1.29, 1.82) is 0 Å². The van der Waals surface area contributed by atoms with Crippen molar-refractivity contribution in [1.82, 2.24) is 5.32 Å². The van der Waals surface area contributed by atoms with Crippen molar-refractivity contribution in [2.45, 2.75) is 52.7 Å². The van der Waals surface area contributed by atoms with Gasteiger partial charge in [-0.3, -0.25) is 4.79 Å². The molecule has 0 aromatic carbocycles. The Hall–Kier alpha value is -1.26. The van der Waals surface area contributed by atoms with Gasteiger partial charge in [0.05, 0.1) is 0 Å². The molecule has 0 aliphatic heterocycles. The Kier molecular flexibility index (Phi) is 5.27. The van der Waals surface area contributed by atoms with Crippen LogP contribution in [-0.4, -0.2) is 23.6 Å². The first-order valence-electron chi connectivity index (χ1n) is 5.39. The summed E-state index contributed by atoms with van der Waals surface area (Å²) >= 11 is 0. The van der Waals surface area contributed by atoms with Crippen LogP contribution in [-0.2, 0) is 9.53 Å². The molecule has 0 fully saturated rings. The van der Waals surface area contributed by atoms with Crippen molar-refractivity contribution in [2.75, 3.05) is 0 Å². The van der Waals surface area contributed by atoms with Gasteiger partial charge in [-0.15, -0.1) is 0 Å². The van der Waals surface area contributed by atoms with E-state index in [9.17, 15) is 9.59 Å². The van der Waals surface area contributed by atoms with E-state index in [2.05, 4.69) is 5.32 Å². The summed E-state index contributed by atoms with van der Waals surface area (Å²) in [7, 11) is 0. The Labute approximate surface area is 96.7 Å². The van der Waals surface area contributed by atoms with Crippen molar-refractivity contribution in [3.63, 3.8) is 0 Å². The maximum atomic E-state index is 11.5. The monoisotopic (exact) mass is 230 g/mol. The van der Waals surface area contributed by atoms with Gasteiger partial charge >= 0.3 is 6.09 Å². The molecule has 5 nitrogen and oxygen atoms in total. The number of nitrogens with two attached hydrogens (primary N) is 1. The van der Waals surface area contributed by atoms with Gasteiger partial charge in [0.2, 0.25) is 5.91 Å². The van der Waals surface area contributed by atoms with Crippen molar-refractivity contribution in [3.05, 3.63) is 0 Å². The van der Waals surface area contributed by atoms with E-state index in [1.807, 2.05) is 13.8 Å². The van der Waals surface area contributed by atoms with Crippen molar-refractivity contribution < 1.29 is 14.3 Å². The van der Waals surface area contributed by atoms with E-state index >= 15 is 0 Å². The van der Waals surface area contributed by atoms with Crippen LogP contribution >= 0.6 is 0 Å². The van der Waals surface area contributed by atoms with Gasteiger partial charge in [-0.05, 0) is 26.7 Å². The van der Waals surface area contributed by atoms with Crippen LogP contribution < -0.4 is 11.1 Å². The summed E-state index contributed by atoms with van der Waals surface area (Å²) in [5, 5.41) is 2.64. The zero-order valence-corrected chi connectivity index (χ0v) is 10.7. The first-order chi connectivity index (χ1) is 7.11. The highest BCUT2D eigenvalue weighted by Gasteiger charge is 2.22. The van der Waals surface area contributed by atoms with E-state index in [1.54, 1.807) is 20.8 Å². The number of nitrogens with one attached hydrogen (secondary N) is 1. The number of primary amides is 1. The molecule has 0 bridgehead atoms. The molecule has 0 aromatic heterocycles. The second-order valence-electron chi connectivity index (χ2n) is 5.17. The number of amides is 2. The summed E-state index contributed by atoms with van der Waals surface area (Å²) in [6, 6.07) is -0.285. The van der Waals surface area contributed by atoms with Gasteiger partial charge in [0.1, 0.15) is 5.60 Å². The van der Waals surface area contributed by atoms with Crippen LogP contribution in [0.2, 0.25) is 0 Å². The maximum absolute atomic E-state index is 11.5. The summed E-state index contributed by atoms with van der Waals surface area (Å²) in [6.45, 7) is 9.16. The van der Waals surface area contributed by atoms with Crippen molar-refractivity contribution in [2.24, 2.45) is 11.7 Å². The molecule has 0 aromatic rings. The Morgan fingerprint density at radius 2 is 1.81 bits per heavy atom. The summed E-state index contributed by atoms with van der Waals surface area (Å²) in [5.74, 6) is -0.310. The molecule has 0 saturated carbocycles. The number of carbonyl (C=O) groups is 2. The van der Waals surface area contributed by atoms with Crippen LogP contribution in [0.25, 0.3) is 0 Å². The first-order valence-corrected chi connectivity index (χ1v) is 5.39. The third-order valence-electron chi connectivity index (χ3n) is 1.93. The molecule has 1 atom stereocenters. The van der Waals surface area contributed by atoms with Crippen LogP contribution in [0.5, 0.6) is 0 Å². The van der Waals surface area contributed by atoms with E-state index in [4.69, 9.17) is 10.5 Å². The average Bonchev–Trinajstić information content (AvgIpc) is 1.97. The van der Waals surface area contributed by atoms with Crippen molar-refractivity contribution >= 4 is 12.0 Å². The number of carbonyl (C=O) groups excluding carboxylic acids is 2. The van der Waals surface area contributed by atoms with Crippen LogP contribution in [0.15, 0.2) is 0 Å². The number of rotatable bonds is 4. The highest BCUT2D eigenvalue weighted by Crippen LogP contribution is 2.10. The molecular weight excluding hydrogens is 208 g/mol. The molecule has 0 aliphatic carbocycles. The molecule has 0 radical (unpaired) electrons. The Morgan fingerprint density at radius 3 is 2.12 bits per heavy atom. The molecule has 94 valence electrons. The molecular formula is C11H22N2O3. The van der Waals surface area contributed by atoms with Gasteiger partial charge in [-0.1, -0.05) is 13.8 Å². The fraction of sp³-hybridized carbons (Fsp3) is 0.818. The highest BCUT2D eigenvalue weighted by atomic mass is 16.6. The number of alkyl carbamates (subject to hydrolysis) is 1. The number of hydrogen-bond donors (Lipinski definition) is 2.